The molecule has 0 radical (unpaired) electrons. The molecule has 0 spiro atoms. The van der Waals surface area contributed by atoms with Gasteiger partial charge in [0.1, 0.15) is 6.04 Å². The predicted molar refractivity (Wildman–Crippen MR) is 71.9 cm³/mol. The van der Waals surface area contributed by atoms with E-state index in [1.165, 1.54) is 11.3 Å². The number of aliphatic carboxylic acids is 1. The van der Waals surface area contributed by atoms with E-state index in [-0.39, 0.29) is 5.37 Å². The molecule has 0 amide bonds. The summed E-state index contributed by atoms with van der Waals surface area (Å²) in [4.78, 5) is 10.9. The molecule has 1 fully saturated rings. The second-order valence-corrected chi connectivity index (χ2v) is 5.80. The number of nitrogens with zero attached hydrogens (tertiary/aromatic N) is 2. The summed E-state index contributed by atoms with van der Waals surface area (Å²) < 4.78 is 1.99. The fraction of sp³-hybridized carbons (Fsp3) is 0.667. The lowest BCUT2D eigenvalue weighted by Gasteiger charge is -2.12. The number of thioether (sulfide) groups is 1. The van der Waals surface area contributed by atoms with Crippen molar-refractivity contribution in [1.82, 2.24) is 15.1 Å². The Balaban J connectivity index is 2.05. The number of carboxylic acids is 1. The van der Waals surface area contributed by atoms with E-state index in [4.69, 9.17) is 5.11 Å². The van der Waals surface area contributed by atoms with Crippen molar-refractivity contribution in [2.24, 2.45) is 0 Å². The van der Waals surface area contributed by atoms with Gasteiger partial charge >= 0.3 is 5.97 Å². The van der Waals surface area contributed by atoms with E-state index in [2.05, 4.69) is 24.3 Å². The molecule has 18 heavy (non-hydrogen) atoms. The van der Waals surface area contributed by atoms with Crippen molar-refractivity contribution in [3.63, 3.8) is 0 Å². The highest BCUT2D eigenvalue weighted by Gasteiger charge is 2.30. The average Bonchev–Trinajstić information content (AvgIpc) is 2.86. The van der Waals surface area contributed by atoms with Crippen molar-refractivity contribution in [3.8, 4) is 0 Å². The summed E-state index contributed by atoms with van der Waals surface area (Å²) in [6.45, 7) is 6.95. The molecule has 2 heterocycles. The van der Waals surface area contributed by atoms with Gasteiger partial charge in [0.05, 0.1) is 17.6 Å². The van der Waals surface area contributed by atoms with E-state index in [1.54, 1.807) is 11.8 Å². The van der Waals surface area contributed by atoms with Crippen LogP contribution in [0.2, 0.25) is 0 Å². The Morgan fingerprint density at radius 1 is 1.61 bits per heavy atom. The summed E-state index contributed by atoms with van der Waals surface area (Å²) in [6, 6.07) is -0.428. The molecule has 1 aliphatic heterocycles. The number of rotatable bonds is 4. The molecular weight excluding hydrogens is 250 g/mol. The molecular formula is C12H19N3O2S. The number of hydrogen-bond donors (Lipinski definition) is 2. The SMILES string of the molecule is CCc1c(C)nn(C[C@H]2N[C@@H](C(=O)O)CS2)c1C. The Bertz CT molecular complexity index is 458. The molecule has 1 aromatic rings. The summed E-state index contributed by atoms with van der Waals surface area (Å²) >= 11 is 1.65. The van der Waals surface area contributed by atoms with Crippen molar-refractivity contribution >= 4 is 17.7 Å². The second-order valence-electron chi connectivity index (χ2n) is 4.56. The van der Waals surface area contributed by atoms with Gasteiger partial charge in [-0.2, -0.15) is 5.10 Å². The molecule has 0 aliphatic carbocycles. The third kappa shape index (κ3) is 2.54. The maximum atomic E-state index is 10.9. The van der Waals surface area contributed by atoms with Crippen molar-refractivity contribution in [3.05, 3.63) is 17.0 Å². The van der Waals surface area contributed by atoms with E-state index in [0.717, 1.165) is 18.7 Å². The van der Waals surface area contributed by atoms with Gasteiger partial charge in [0.15, 0.2) is 0 Å². The summed E-state index contributed by atoms with van der Waals surface area (Å²) in [5.41, 5.74) is 3.57. The van der Waals surface area contributed by atoms with Crippen LogP contribution in [0.25, 0.3) is 0 Å². The minimum atomic E-state index is -0.771. The normalized spacial score (nSPS) is 23.5. The Labute approximate surface area is 111 Å². The molecule has 0 aromatic carbocycles. The molecule has 0 bridgehead atoms. The molecule has 1 aliphatic rings. The van der Waals surface area contributed by atoms with E-state index < -0.39 is 12.0 Å². The number of hydrogen-bond acceptors (Lipinski definition) is 4. The van der Waals surface area contributed by atoms with Crippen LogP contribution >= 0.6 is 11.8 Å². The van der Waals surface area contributed by atoms with Gasteiger partial charge in [0.2, 0.25) is 0 Å². The summed E-state index contributed by atoms with van der Waals surface area (Å²) in [5.74, 6) is -0.146. The zero-order valence-corrected chi connectivity index (χ0v) is 11.8. The van der Waals surface area contributed by atoms with Crippen LogP contribution in [0.5, 0.6) is 0 Å². The van der Waals surface area contributed by atoms with E-state index in [0.29, 0.717) is 5.75 Å². The third-order valence-corrected chi connectivity index (χ3v) is 4.59. The molecule has 5 nitrogen and oxygen atoms in total. The highest BCUT2D eigenvalue weighted by molar-refractivity contribution is 8.00. The van der Waals surface area contributed by atoms with Gasteiger partial charge < -0.3 is 5.11 Å². The lowest BCUT2D eigenvalue weighted by molar-refractivity contribution is -0.138. The van der Waals surface area contributed by atoms with Gasteiger partial charge in [-0.15, -0.1) is 11.8 Å². The number of carboxylic acid groups (broad SMARTS) is 1. The van der Waals surface area contributed by atoms with Crippen LogP contribution < -0.4 is 5.32 Å². The average molecular weight is 269 g/mol. The number of aromatic nitrogens is 2. The largest absolute Gasteiger partial charge is 0.480 e. The number of aryl methyl sites for hydroxylation is 1. The number of carbonyl (C=O) groups is 1. The van der Waals surface area contributed by atoms with Gasteiger partial charge in [0, 0.05) is 11.4 Å². The summed E-state index contributed by atoms with van der Waals surface area (Å²) in [5, 5.41) is 16.7. The molecule has 2 atom stereocenters. The molecule has 0 saturated carbocycles. The molecule has 1 aromatic heterocycles. The lowest BCUT2D eigenvalue weighted by atomic mass is 10.1. The van der Waals surface area contributed by atoms with Crippen LogP contribution in [-0.2, 0) is 17.8 Å². The van der Waals surface area contributed by atoms with Crippen LogP contribution in [0, 0.1) is 13.8 Å². The van der Waals surface area contributed by atoms with Crippen LogP contribution in [0.15, 0.2) is 0 Å². The highest BCUT2D eigenvalue weighted by Crippen LogP contribution is 2.22. The summed E-state index contributed by atoms with van der Waals surface area (Å²) in [7, 11) is 0. The van der Waals surface area contributed by atoms with Crippen LogP contribution in [-0.4, -0.2) is 38.0 Å². The Morgan fingerprint density at radius 3 is 2.83 bits per heavy atom. The van der Waals surface area contributed by atoms with E-state index >= 15 is 0 Å². The Morgan fingerprint density at radius 2 is 2.33 bits per heavy atom. The maximum Gasteiger partial charge on any atom is 0.321 e. The summed E-state index contributed by atoms with van der Waals surface area (Å²) in [6.07, 6.45) is 0.987. The monoisotopic (exact) mass is 269 g/mol. The van der Waals surface area contributed by atoms with Crippen molar-refractivity contribution in [2.75, 3.05) is 5.75 Å². The Hall–Kier alpha value is -1.01. The fourth-order valence-electron chi connectivity index (χ4n) is 2.36. The predicted octanol–water partition coefficient (Wildman–Crippen LogP) is 1.18. The van der Waals surface area contributed by atoms with E-state index in [9.17, 15) is 4.79 Å². The Kier molecular flexibility index (Phi) is 3.97. The number of nitrogens with one attached hydrogen (secondary N) is 1. The second kappa shape index (κ2) is 5.32. The minimum Gasteiger partial charge on any atom is -0.480 e. The molecule has 100 valence electrons. The van der Waals surface area contributed by atoms with Crippen LogP contribution in [0.3, 0.4) is 0 Å². The molecule has 2 N–H and O–H groups in total. The van der Waals surface area contributed by atoms with Gasteiger partial charge in [0.25, 0.3) is 0 Å². The highest BCUT2D eigenvalue weighted by atomic mass is 32.2. The topological polar surface area (TPSA) is 67.2 Å². The molecule has 6 heteroatoms. The van der Waals surface area contributed by atoms with Gasteiger partial charge in [-0.05, 0) is 25.8 Å². The third-order valence-electron chi connectivity index (χ3n) is 3.37. The van der Waals surface area contributed by atoms with Crippen molar-refractivity contribution in [1.29, 1.82) is 0 Å². The first-order valence-corrected chi connectivity index (χ1v) is 7.21. The van der Waals surface area contributed by atoms with Crippen LogP contribution in [0.4, 0.5) is 0 Å². The van der Waals surface area contributed by atoms with Gasteiger partial charge in [-0.1, -0.05) is 6.92 Å². The molecule has 0 unspecified atom stereocenters. The minimum absolute atomic E-state index is 0.133. The molecule has 2 rings (SSSR count). The smallest absolute Gasteiger partial charge is 0.321 e. The first kappa shape index (κ1) is 13.4. The van der Waals surface area contributed by atoms with Crippen LogP contribution in [0.1, 0.15) is 23.9 Å². The standard InChI is InChI=1S/C12H19N3O2S/c1-4-9-7(2)14-15(8(9)3)5-11-13-10(6-18-11)12(16)17/h10-11,13H,4-6H2,1-3H3,(H,16,17)/t10-,11+/m1/s1. The lowest BCUT2D eigenvalue weighted by Crippen LogP contribution is -2.38. The zero-order valence-electron chi connectivity index (χ0n) is 10.9. The first-order chi connectivity index (χ1) is 8.52. The van der Waals surface area contributed by atoms with Gasteiger partial charge in [-0.25, -0.2) is 0 Å². The van der Waals surface area contributed by atoms with Crippen molar-refractivity contribution < 1.29 is 9.90 Å². The van der Waals surface area contributed by atoms with E-state index in [1.807, 2.05) is 11.6 Å². The molecule has 1 saturated heterocycles. The first-order valence-electron chi connectivity index (χ1n) is 6.16. The zero-order chi connectivity index (χ0) is 13.3. The van der Waals surface area contributed by atoms with Crippen molar-refractivity contribution in [2.45, 2.75) is 45.2 Å². The fourth-order valence-corrected chi connectivity index (χ4v) is 3.53. The quantitative estimate of drug-likeness (QED) is 0.859. The van der Waals surface area contributed by atoms with Gasteiger partial charge in [-0.3, -0.25) is 14.8 Å². The maximum absolute atomic E-state index is 10.9.